The Morgan fingerprint density at radius 2 is 1.68 bits per heavy atom. The van der Waals surface area contributed by atoms with E-state index in [1.165, 1.54) is 0 Å². The van der Waals surface area contributed by atoms with Crippen LogP contribution in [0.5, 0.6) is 5.75 Å². The van der Waals surface area contributed by atoms with Crippen LogP contribution >= 0.6 is 0 Å². The summed E-state index contributed by atoms with van der Waals surface area (Å²) in [5, 5.41) is 6.54. The first kappa shape index (κ1) is 29.7. The number of hydrogen-bond donors (Lipinski definition) is 1. The first-order chi connectivity index (χ1) is 16.4. The van der Waals surface area contributed by atoms with Crippen LogP contribution in [0.1, 0.15) is 63.7 Å². The molecule has 1 atom stereocenters. The molecule has 0 radical (unpaired) electrons. The van der Waals surface area contributed by atoms with Gasteiger partial charge in [0.1, 0.15) is 12.4 Å². The highest BCUT2D eigenvalue weighted by Gasteiger charge is 2.10. The molecule has 9 nitrogen and oxygen atoms in total. The zero-order valence-electron chi connectivity index (χ0n) is 21.2. The molecule has 0 aliphatic rings. The van der Waals surface area contributed by atoms with Crippen molar-refractivity contribution in [3.63, 3.8) is 0 Å². The van der Waals surface area contributed by atoms with Crippen molar-refractivity contribution < 1.29 is 23.7 Å². The molecule has 0 spiro atoms. The van der Waals surface area contributed by atoms with Crippen molar-refractivity contribution in [2.75, 3.05) is 46.2 Å². The van der Waals surface area contributed by atoms with Crippen LogP contribution in [0.15, 0.2) is 29.4 Å². The molecule has 1 unspecified atom stereocenters. The van der Waals surface area contributed by atoms with Gasteiger partial charge < -0.3 is 24.3 Å². The molecule has 1 N–H and O–H groups in total. The van der Waals surface area contributed by atoms with E-state index in [4.69, 9.17) is 24.5 Å². The van der Waals surface area contributed by atoms with Crippen LogP contribution in [-0.2, 0) is 14.2 Å². The Morgan fingerprint density at radius 1 is 1.00 bits per heavy atom. The molecule has 192 valence electrons. The van der Waals surface area contributed by atoms with Crippen molar-refractivity contribution >= 4 is 5.91 Å². The number of carbonyl (C=O) groups is 1. The number of rotatable bonds is 20. The SMILES string of the molecule is CC(C)CCCNC(=O)c1cccc(OCC(N=[N+]=[N-])OCCOCCOCCCC(C)C)c1. The zero-order valence-corrected chi connectivity index (χ0v) is 21.2. The molecule has 0 saturated heterocycles. The Bertz CT molecular complexity index is 723. The van der Waals surface area contributed by atoms with Gasteiger partial charge in [-0.05, 0) is 61.2 Å². The van der Waals surface area contributed by atoms with E-state index in [-0.39, 0.29) is 19.1 Å². The average Bonchev–Trinajstić information content (AvgIpc) is 2.81. The van der Waals surface area contributed by atoms with E-state index in [1.54, 1.807) is 24.3 Å². The lowest BCUT2D eigenvalue weighted by Gasteiger charge is -2.15. The van der Waals surface area contributed by atoms with Crippen LogP contribution < -0.4 is 10.1 Å². The molecular weight excluding hydrogens is 436 g/mol. The number of hydrogen-bond acceptors (Lipinski definition) is 6. The fraction of sp³-hybridized carbons (Fsp3) is 0.720. The summed E-state index contributed by atoms with van der Waals surface area (Å²) in [4.78, 5) is 15.1. The molecule has 0 fully saturated rings. The fourth-order valence-corrected chi connectivity index (χ4v) is 3.04. The maximum absolute atomic E-state index is 12.3. The van der Waals surface area contributed by atoms with Crippen LogP contribution in [-0.4, -0.2) is 58.3 Å². The molecular formula is C25H42N4O5. The lowest BCUT2D eigenvalue weighted by Crippen LogP contribution is -2.25. The number of nitrogens with one attached hydrogen (secondary N) is 1. The van der Waals surface area contributed by atoms with Crippen LogP contribution in [0.2, 0.25) is 0 Å². The smallest absolute Gasteiger partial charge is 0.251 e. The van der Waals surface area contributed by atoms with Crippen LogP contribution in [0, 0.1) is 11.8 Å². The third-order valence-electron chi connectivity index (χ3n) is 4.89. The van der Waals surface area contributed by atoms with Gasteiger partial charge in [-0.1, -0.05) is 38.9 Å². The van der Waals surface area contributed by atoms with Crippen molar-refractivity contribution in [1.82, 2.24) is 5.32 Å². The summed E-state index contributed by atoms with van der Waals surface area (Å²) >= 11 is 0. The van der Waals surface area contributed by atoms with Gasteiger partial charge in [0.2, 0.25) is 0 Å². The number of amides is 1. The van der Waals surface area contributed by atoms with Crippen LogP contribution in [0.3, 0.4) is 0 Å². The molecule has 1 amide bonds. The van der Waals surface area contributed by atoms with E-state index >= 15 is 0 Å². The second kappa shape index (κ2) is 19.0. The summed E-state index contributed by atoms with van der Waals surface area (Å²) in [5.41, 5.74) is 9.30. The summed E-state index contributed by atoms with van der Waals surface area (Å²) < 4.78 is 22.2. The van der Waals surface area contributed by atoms with Crippen molar-refractivity contribution in [1.29, 1.82) is 0 Å². The Labute approximate surface area is 204 Å². The van der Waals surface area contributed by atoms with E-state index in [2.05, 4.69) is 43.0 Å². The minimum atomic E-state index is -0.797. The first-order valence-corrected chi connectivity index (χ1v) is 12.2. The molecule has 1 aromatic carbocycles. The third-order valence-corrected chi connectivity index (χ3v) is 4.89. The molecule has 1 aromatic rings. The second-order valence-electron chi connectivity index (χ2n) is 8.92. The topological polar surface area (TPSA) is 115 Å². The molecule has 1 rings (SSSR count). The molecule has 0 bridgehead atoms. The Morgan fingerprint density at radius 3 is 2.38 bits per heavy atom. The van der Waals surface area contributed by atoms with Gasteiger partial charge in [-0.3, -0.25) is 4.79 Å². The monoisotopic (exact) mass is 478 g/mol. The van der Waals surface area contributed by atoms with Gasteiger partial charge in [0.25, 0.3) is 5.91 Å². The van der Waals surface area contributed by atoms with Crippen LogP contribution in [0.25, 0.3) is 10.4 Å². The van der Waals surface area contributed by atoms with Crippen LogP contribution in [0.4, 0.5) is 0 Å². The predicted molar refractivity (Wildman–Crippen MR) is 133 cm³/mol. The van der Waals surface area contributed by atoms with Crippen molar-refractivity contribution in [2.45, 2.75) is 59.6 Å². The maximum atomic E-state index is 12.3. The summed E-state index contributed by atoms with van der Waals surface area (Å²) in [6.45, 7) is 11.8. The maximum Gasteiger partial charge on any atom is 0.251 e. The summed E-state index contributed by atoms with van der Waals surface area (Å²) in [6.07, 6.45) is 3.43. The highest BCUT2D eigenvalue weighted by Crippen LogP contribution is 2.14. The largest absolute Gasteiger partial charge is 0.491 e. The highest BCUT2D eigenvalue weighted by molar-refractivity contribution is 5.94. The molecule has 0 aromatic heterocycles. The third kappa shape index (κ3) is 15.5. The number of carbonyl (C=O) groups excluding carboxylic acids is 1. The Balaban J connectivity index is 2.27. The van der Waals surface area contributed by atoms with Crippen molar-refractivity contribution in [3.8, 4) is 5.75 Å². The Kier molecular flexibility index (Phi) is 16.6. The molecule has 34 heavy (non-hydrogen) atoms. The number of benzene rings is 1. The highest BCUT2D eigenvalue weighted by atomic mass is 16.6. The molecule has 0 saturated carbocycles. The molecule has 0 aliphatic heterocycles. The molecule has 9 heteroatoms. The number of azide groups is 1. The van der Waals surface area contributed by atoms with E-state index in [1.807, 2.05) is 0 Å². The summed E-state index contributed by atoms with van der Waals surface area (Å²) in [7, 11) is 0. The van der Waals surface area contributed by atoms with Crippen molar-refractivity contribution in [3.05, 3.63) is 40.3 Å². The zero-order chi connectivity index (χ0) is 25.0. The van der Waals surface area contributed by atoms with E-state index in [0.29, 0.717) is 49.5 Å². The lowest BCUT2D eigenvalue weighted by atomic mass is 10.1. The first-order valence-electron chi connectivity index (χ1n) is 12.2. The fourth-order valence-electron chi connectivity index (χ4n) is 3.04. The second-order valence-corrected chi connectivity index (χ2v) is 8.92. The van der Waals surface area contributed by atoms with E-state index in [9.17, 15) is 4.79 Å². The Hall–Kier alpha value is -2.32. The summed E-state index contributed by atoms with van der Waals surface area (Å²) in [6, 6.07) is 6.89. The predicted octanol–water partition coefficient (Wildman–Crippen LogP) is 5.35. The van der Waals surface area contributed by atoms with Gasteiger partial charge in [0.05, 0.1) is 26.4 Å². The summed E-state index contributed by atoms with van der Waals surface area (Å²) in [5.74, 6) is 1.67. The molecule has 0 heterocycles. The average molecular weight is 479 g/mol. The number of ether oxygens (including phenoxy) is 4. The van der Waals surface area contributed by atoms with Gasteiger partial charge in [0.15, 0.2) is 6.23 Å². The van der Waals surface area contributed by atoms with Gasteiger partial charge in [-0.2, -0.15) is 0 Å². The van der Waals surface area contributed by atoms with E-state index < -0.39 is 6.23 Å². The van der Waals surface area contributed by atoms with Gasteiger partial charge >= 0.3 is 0 Å². The van der Waals surface area contributed by atoms with Gasteiger partial charge in [0, 0.05) is 23.6 Å². The standard InChI is InChI=1S/C25H42N4O5/c1-20(2)8-6-12-27-25(30)22-10-5-11-23(18-22)34-19-24(28-29-26)33-17-16-32-15-14-31-13-7-9-21(3)4/h5,10-11,18,20-21,24H,6-9,12-17,19H2,1-4H3,(H,27,30). The van der Waals surface area contributed by atoms with Gasteiger partial charge in [-0.25, -0.2) is 0 Å². The molecule has 0 aliphatic carbocycles. The normalized spacial score (nSPS) is 11.9. The van der Waals surface area contributed by atoms with E-state index in [0.717, 1.165) is 32.3 Å². The quantitative estimate of drug-likeness (QED) is 0.117. The number of nitrogens with zero attached hydrogens (tertiary/aromatic N) is 3. The minimum Gasteiger partial charge on any atom is -0.491 e. The lowest BCUT2D eigenvalue weighted by molar-refractivity contribution is -0.0225. The van der Waals surface area contributed by atoms with Crippen molar-refractivity contribution in [2.24, 2.45) is 17.0 Å². The van der Waals surface area contributed by atoms with Gasteiger partial charge in [-0.15, -0.1) is 0 Å². The minimum absolute atomic E-state index is 0.0302.